The van der Waals surface area contributed by atoms with Gasteiger partial charge in [0.15, 0.2) is 11.6 Å². The van der Waals surface area contributed by atoms with Gasteiger partial charge in [0.05, 0.1) is 4.88 Å². The van der Waals surface area contributed by atoms with E-state index in [9.17, 15) is 4.79 Å². The Hall–Kier alpha value is -2.19. The highest BCUT2D eigenvalue weighted by Gasteiger charge is 2.24. The molecule has 0 saturated carbocycles. The number of rotatable bonds is 3. The molecule has 128 valence electrons. The van der Waals surface area contributed by atoms with E-state index in [1.807, 2.05) is 57.6 Å². The molecule has 3 aromatic heterocycles. The Morgan fingerprint density at radius 3 is 2.32 bits per heavy atom. The maximum Gasteiger partial charge on any atom is 0.264 e. The van der Waals surface area contributed by atoms with Gasteiger partial charge in [0.2, 0.25) is 0 Å². The molecule has 1 aliphatic heterocycles. The molecule has 0 radical (unpaired) electrons. The molecule has 0 bridgehead atoms. The molecule has 1 saturated heterocycles. The normalized spacial score (nSPS) is 14.8. The molecular weight excluding hydrogens is 402 g/mol. The van der Waals surface area contributed by atoms with Crippen molar-refractivity contribution >= 4 is 39.0 Å². The van der Waals surface area contributed by atoms with E-state index >= 15 is 0 Å². The van der Waals surface area contributed by atoms with Crippen LogP contribution in [0, 0.1) is 0 Å². The van der Waals surface area contributed by atoms with Gasteiger partial charge in [-0.25, -0.2) is 0 Å². The Labute approximate surface area is 157 Å². The van der Waals surface area contributed by atoms with Crippen molar-refractivity contribution in [2.75, 3.05) is 31.1 Å². The molecule has 25 heavy (non-hydrogen) atoms. The topological polar surface area (TPSA) is 54.3 Å². The fraction of sp³-hybridized carbons (Fsp3) is 0.235. The van der Waals surface area contributed by atoms with Crippen molar-refractivity contribution in [2.45, 2.75) is 0 Å². The lowest BCUT2D eigenvalue weighted by molar-refractivity contribution is 0.0751. The predicted octanol–water partition coefficient (Wildman–Crippen LogP) is 3.05. The minimum Gasteiger partial charge on any atom is -0.352 e. The molecule has 0 atom stereocenters. The third-order valence-corrected chi connectivity index (χ3v) is 5.85. The fourth-order valence-corrected chi connectivity index (χ4v) is 4.22. The van der Waals surface area contributed by atoms with Crippen molar-refractivity contribution < 1.29 is 4.79 Å². The summed E-state index contributed by atoms with van der Waals surface area (Å²) in [5.74, 6) is 1.75. The second-order valence-electron chi connectivity index (χ2n) is 5.75. The van der Waals surface area contributed by atoms with Crippen LogP contribution in [-0.4, -0.2) is 51.8 Å². The van der Waals surface area contributed by atoms with E-state index < -0.39 is 0 Å². The van der Waals surface area contributed by atoms with Gasteiger partial charge in [0, 0.05) is 48.4 Å². The number of aromatic nitrogens is 3. The summed E-state index contributed by atoms with van der Waals surface area (Å²) in [6, 6.07) is 9.74. The Morgan fingerprint density at radius 2 is 1.72 bits per heavy atom. The molecule has 1 aliphatic rings. The van der Waals surface area contributed by atoms with Gasteiger partial charge in [0.25, 0.3) is 5.91 Å². The van der Waals surface area contributed by atoms with E-state index in [0.717, 1.165) is 34.1 Å². The van der Waals surface area contributed by atoms with Gasteiger partial charge in [-0.15, -0.1) is 21.5 Å². The quantitative estimate of drug-likeness (QED) is 0.656. The fourth-order valence-electron chi connectivity index (χ4n) is 2.83. The van der Waals surface area contributed by atoms with Crippen molar-refractivity contribution in [3.05, 3.63) is 57.5 Å². The molecule has 8 heteroatoms. The number of carbonyl (C=O) groups is 1. The van der Waals surface area contributed by atoms with Crippen molar-refractivity contribution in [3.8, 4) is 5.82 Å². The van der Waals surface area contributed by atoms with Crippen LogP contribution in [0.3, 0.4) is 0 Å². The molecule has 0 spiro atoms. The molecule has 0 aliphatic carbocycles. The first-order valence-corrected chi connectivity index (χ1v) is 9.63. The summed E-state index contributed by atoms with van der Waals surface area (Å²) in [4.78, 5) is 17.3. The van der Waals surface area contributed by atoms with Crippen LogP contribution >= 0.6 is 27.3 Å². The number of carbonyl (C=O) groups excluding carboxylic acids is 1. The number of hydrogen-bond acceptors (Lipinski definition) is 5. The van der Waals surface area contributed by atoms with E-state index in [-0.39, 0.29) is 5.91 Å². The van der Waals surface area contributed by atoms with Crippen LogP contribution < -0.4 is 4.90 Å². The van der Waals surface area contributed by atoms with Crippen LogP contribution in [0.2, 0.25) is 0 Å². The maximum atomic E-state index is 12.5. The van der Waals surface area contributed by atoms with E-state index in [0.29, 0.717) is 13.1 Å². The lowest BCUT2D eigenvalue weighted by Crippen LogP contribution is -2.49. The summed E-state index contributed by atoms with van der Waals surface area (Å²) in [5, 5.41) is 10.6. The molecule has 6 nitrogen and oxygen atoms in total. The molecular formula is C17H16BrN5OS. The molecule has 0 aromatic carbocycles. The van der Waals surface area contributed by atoms with Gasteiger partial charge < -0.3 is 14.4 Å². The van der Waals surface area contributed by atoms with Crippen molar-refractivity contribution in [2.24, 2.45) is 0 Å². The van der Waals surface area contributed by atoms with E-state index in [2.05, 4.69) is 31.0 Å². The summed E-state index contributed by atoms with van der Waals surface area (Å²) in [5.41, 5.74) is 0. The number of halogens is 1. The van der Waals surface area contributed by atoms with Gasteiger partial charge in [-0.05, 0) is 46.3 Å². The lowest BCUT2D eigenvalue weighted by atomic mass is 10.3. The number of amides is 1. The van der Waals surface area contributed by atoms with Crippen LogP contribution in [0.5, 0.6) is 0 Å². The SMILES string of the molecule is O=C(c1cc(Br)cs1)N1CCN(c2ccc(-n3cccc3)nn2)CC1. The van der Waals surface area contributed by atoms with Crippen molar-refractivity contribution in [1.82, 2.24) is 19.7 Å². The van der Waals surface area contributed by atoms with Gasteiger partial charge >= 0.3 is 0 Å². The number of anilines is 1. The third-order valence-electron chi connectivity index (χ3n) is 4.17. The number of thiophene rings is 1. The average Bonchev–Trinajstić information content (AvgIpc) is 3.33. The Bertz CT molecular complexity index is 854. The predicted molar refractivity (Wildman–Crippen MR) is 101 cm³/mol. The van der Waals surface area contributed by atoms with Crippen LogP contribution in [0.25, 0.3) is 5.82 Å². The Kier molecular flexibility index (Phi) is 4.54. The van der Waals surface area contributed by atoms with Crippen LogP contribution in [-0.2, 0) is 0 Å². The molecule has 1 fully saturated rings. The summed E-state index contributed by atoms with van der Waals surface area (Å²) < 4.78 is 2.88. The summed E-state index contributed by atoms with van der Waals surface area (Å²) in [6.45, 7) is 2.90. The summed E-state index contributed by atoms with van der Waals surface area (Å²) in [7, 11) is 0. The summed E-state index contributed by atoms with van der Waals surface area (Å²) in [6.07, 6.45) is 3.88. The molecule has 0 N–H and O–H groups in total. The van der Waals surface area contributed by atoms with Crippen molar-refractivity contribution in [1.29, 1.82) is 0 Å². The smallest absolute Gasteiger partial charge is 0.264 e. The summed E-state index contributed by atoms with van der Waals surface area (Å²) >= 11 is 4.87. The van der Waals surface area contributed by atoms with E-state index in [4.69, 9.17) is 0 Å². The van der Waals surface area contributed by atoms with Crippen LogP contribution in [0.4, 0.5) is 5.82 Å². The standard InChI is InChI=1S/C17H16BrN5OS/c18-13-11-14(25-12-13)17(24)23-9-7-22(8-10-23)16-4-3-15(19-20-16)21-5-1-2-6-21/h1-6,11-12H,7-10H2. The highest BCUT2D eigenvalue weighted by molar-refractivity contribution is 9.10. The van der Waals surface area contributed by atoms with E-state index in [1.54, 1.807) is 0 Å². The molecule has 3 aromatic rings. The van der Waals surface area contributed by atoms with Gasteiger partial charge in [0.1, 0.15) is 0 Å². The average molecular weight is 418 g/mol. The highest BCUT2D eigenvalue weighted by atomic mass is 79.9. The van der Waals surface area contributed by atoms with Gasteiger partial charge in [-0.2, -0.15) is 0 Å². The number of hydrogen-bond donors (Lipinski definition) is 0. The molecule has 4 heterocycles. The molecule has 4 rings (SSSR count). The van der Waals surface area contributed by atoms with Gasteiger partial charge in [-0.3, -0.25) is 4.79 Å². The first-order chi connectivity index (χ1) is 12.2. The zero-order chi connectivity index (χ0) is 17.2. The first-order valence-electron chi connectivity index (χ1n) is 7.96. The zero-order valence-corrected chi connectivity index (χ0v) is 15.8. The number of piperazine rings is 1. The minimum atomic E-state index is 0.101. The maximum absolute atomic E-state index is 12.5. The molecule has 1 amide bonds. The molecule has 0 unspecified atom stereocenters. The van der Waals surface area contributed by atoms with Crippen molar-refractivity contribution in [3.63, 3.8) is 0 Å². The highest BCUT2D eigenvalue weighted by Crippen LogP contribution is 2.22. The Morgan fingerprint density at radius 1 is 1.04 bits per heavy atom. The lowest BCUT2D eigenvalue weighted by Gasteiger charge is -2.35. The number of nitrogens with zero attached hydrogens (tertiary/aromatic N) is 5. The third kappa shape index (κ3) is 3.45. The second kappa shape index (κ2) is 6.97. The first kappa shape index (κ1) is 16.3. The minimum absolute atomic E-state index is 0.101. The van der Waals surface area contributed by atoms with Crippen LogP contribution in [0.15, 0.2) is 52.6 Å². The zero-order valence-electron chi connectivity index (χ0n) is 13.4. The largest absolute Gasteiger partial charge is 0.352 e. The van der Waals surface area contributed by atoms with E-state index in [1.165, 1.54) is 11.3 Å². The van der Waals surface area contributed by atoms with Gasteiger partial charge in [-0.1, -0.05) is 0 Å². The Balaban J connectivity index is 1.39. The van der Waals surface area contributed by atoms with Crippen LogP contribution in [0.1, 0.15) is 9.67 Å². The second-order valence-corrected chi connectivity index (χ2v) is 7.58. The monoisotopic (exact) mass is 417 g/mol.